The summed E-state index contributed by atoms with van der Waals surface area (Å²) >= 11 is 1.83. The maximum atomic E-state index is 13.9. The van der Waals surface area contributed by atoms with Gasteiger partial charge in [0.25, 0.3) is 0 Å². The summed E-state index contributed by atoms with van der Waals surface area (Å²) in [5, 5.41) is 93.1. The number of urea groups is 1. The van der Waals surface area contributed by atoms with Crippen molar-refractivity contribution in [2.75, 3.05) is 58.5 Å². The SMILES string of the molecule is CC(=O)N[C@@H](/C=N/OCc1ccc(C2(C(F)(F)F)N=N2)cc1OCCOCCOCCNC(=O)CCCC[C@@H]1SC[C@H]2NC(=O)N[C@@H]12)[C@@H](O)[C@H](O[C@@H]1O[C@H](CO)[C@H](O)[C@H](O)[C@H]1O)[C@H](O)CO. The number of alkyl halides is 3. The molecule has 4 aliphatic rings. The van der Waals surface area contributed by atoms with Crippen LogP contribution in [0, 0.1) is 0 Å². The van der Waals surface area contributed by atoms with Gasteiger partial charge in [-0.15, -0.1) is 10.2 Å². The van der Waals surface area contributed by atoms with E-state index in [9.17, 15) is 63.3 Å². The first-order chi connectivity index (χ1) is 31.5. The molecule has 1 aromatic rings. The van der Waals surface area contributed by atoms with Gasteiger partial charge in [-0.3, -0.25) is 9.59 Å². The highest BCUT2D eigenvalue weighted by Crippen LogP contribution is 2.53. The first kappa shape index (κ1) is 53.0. The predicted octanol–water partition coefficient (Wildman–Crippen LogP) is -1.97. The van der Waals surface area contributed by atoms with E-state index in [1.807, 2.05) is 11.8 Å². The number of nitrogens with one attached hydrogen (secondary N) is 4. The van der Waals surface area contributed by atoms with Crippen LogP contribution in [0.5, 0.6) is 5.75 Å². The number of halogens is 3. The van der Waals surface area contributed by atoms with Gasteiger partial charge in [0.1, 0.15) is 61.7 Å². The largest absolute Gasteiger partial charge is 0.491 e. The van der Waals surface area contributed by atoms with Crippen molar-refractivity contribution in [3.8, 4) is 5.75 Å². The van der Waals surface area contributed by atoms with E-state index in [2.05, 4.69) is 36.7 Å². The number of unbranched alkanes of at least 4 members (excludes halogenated alkanes) is 1. The summed E-state index contributed by atoms with van der Waals surface area (Å²) in [5.41, 5.74) is -2.91. The van der Waals surface area contributed by atoms with Crippen LogP contribution in [0.15, 0.2) is 33.6 Å². The molecule has 0 radical (unpaired) electrons. The number of thioether (sulfide) groups is 1. The first-order valence-electron chi connectivity index (χ1n) is 21.2. The molecule has 1 aromatic carbocycles. The Balaban J connectivity index is 1.07. The number of fused-ring (bicyclic) bond motifs is 1. The summed E-state index contributed by atoms with van der Waals surface area (Å²) in [5.74, 6) is 0.00456. The minimum atomic E-state index is -4.83. The smallest absolute Gasteiger partial charge is 0.442 e. The quantitative estimate of drug-likeness (QED) is 0.0188. The second kappa shape index (κ2) is 24.9. The molecule has 0 saturated carbocycles. The molecule has 0 aliphatic carbocycles. The van der Waals surface area contributed by atoms with E-state index >= 15 is 0 Å². The van der Waals surface area contributed by atoms with Crippen molar-refractivity contribution in [1.29, 1.82) is 0 Å². The van der Waals surface area contributed by atoms with Gasteiger partial charge in [-0.1, -0.05) is 23.7 Å². The molecule has 66 heavy (non-hydrogen) atoms. The Morgan fingerprint density at radius 2 is 1.77 bits per heavy atom. The van der Waals surface area contributed by atoms with Gasteiger partial charge in [0.2, 0.25) is 11.8 Å². The number of aliphatic hydroxyl groups is 7. The maximum absolute atomic E-state index is 13.9. The minimum Gasteiger partial charge on any atom is -0.491 e. The molecule has 0 aromatic heterocycles. The molecule has 4 heterocycles. The van der Waals surface area contributed by atoms with Crippen molar-refractivity contribution in [3.05, 3.63) is 29.3 Å². The van der Waals surface area contributed by atoms with Gasteiger partial charge in [-0.25, -0.2) is 4.79 Å². The van der Waals surface area contributed by atoms with E-state index in [0.29, 0.717) is 18.2 Å². The highest BCUT2D eigenvalue weighted by Gasteiger charge is 2.65. The van der Waals surface area contributed by atoms with E-state index < -0.39 is 92.6 Å². The molecule has 23 nitrogen and oxygen atoms in total. The Morgan fingerprint density at radius 1 is 1.05 bits per heavy atom. The van der Waals surface area contributed by atoms with Crippen LogP contribution >= 0.6 is 11.8 Å². The average Bonchev–Trinajstić information content (AvgIpc) is 3.92. The average molecular weight is 970 g/mol. The second-order valence-electron chi connectivity index (χ2n) is 15.8. The molecular formula is C39H58F3N7O16S. The summed E-state index contributed by atoms with van der Waals surface area (Å²) in [7, 11) is 0. The predicted molar refractivity (Wildman–Crippen MR) is 222 cm³/mol. The van der Waals surface area contributed by atoms with E-state index in [0.717, 1.165) is 50.3 Å². The third-order valence-electron chi connectivity index (χ3n) is 11.0. The van der Waals surface area contributed by atoms with Crippen LogP contribution in [-0.2, 0) is 45.6 Å². The Morgan fingerprint density at radius 3 is 2.45 bits per heavy atom. The Hall–Kier alpha value is -4.00. The van der Waals surface area contributed by atoms with Crippen LogP contribution in [0.1, 0.15) is 43.7 Å². The van der Waals surface area contributed by atoms with Gasteiger partial charge >= 0.3 is 17.9 Å². The van der Waals surface area contributed by atoms with Crippen molar-refractivity contribution in [3.63, 3.8) is 0 Å². The van der Waals surface area contributed by atoms with Gasteiger partial charge < -0.3 is 85.5 Å². The Kier molecular flexibility index (Phi) is 19.9. The maximum Gasteiger partial charge on any atom is 0.442 e. The highest BCUT2D eigenvalue weighted by atomic mass is 32.2. The van der Waals surface area contributed by atoms with Gasteiger partial charge in [-0.05, 0) is 18.9 Å². The molecule has 5 rings (SSSR count). The van der Waals surface area contributed by atoms with E-state index in [1.54, 1.807) is 0 Å². The molecule has 27 heteroatoms. The number of carbonyl (C=O) groups excluding carboxylic acids is 3. The summed E-state index contributed by atoms with van der Waals surface area (Å²) in [6, 6.07) is 2.12. The van der Waals surface area contributed by atoms with Gasteiger partial charge in [-0.2, -0.15) is 24.9 Å². The fourth-order valence-electron chi connectivity index (χ4n) is 7.33. The zero-order valence-electron chi connectivity index (χ0n) is 35.8. The molecule has 0 spiro atoms. The van der Waals surface area contributed by atoms with Crippen molar-refractivity contribution in [2.45, 2.75) is 123 Å². The lowest BCUT2D eigenvalue weighted by atomic mass is 9.98. The number of amides is 4. The zero-order chi connectivity index (χ0) is 48.0. The lowest BCUT2D eigenvalue weighted by molar-refractivity contribution is -0.324. The van der Waals surface area contributed by atoms with Crippen molar-refractivity contribution < 1.29 is 91.8 Å². The van der Waals surface area contributed by atoms with Crippen LogP contribution in [0.25, 0.3) is 0 Å². The minimum absolute atomic E-state index is 0.00603. The van der Waals surface area contributed by atoms with Crippen LogP contribution < -0.4 is 26.0 Å². The van der Waals surface area contributed by atoms with Crippen LogP contribution in [0.4, 0.5) is 18.0 Å². The van der Waals surface area contributed by atoms with Gasteiger partial charge in [0.15, 0.2) is 6.29 Å². The van der Waals surface area contributed by atoms with Gasteiger partial charge in [0, 0.05) is 42.0 Å². The van der Waals surface area contributed by atoms with Crippen LogP contribution in [-0.4, -0.2) is 197 Å². The summed E-state index contributed by atoms with van der Waals surface area (Å²) in [6.45, 7) is -0.469. The highest BCUT2D eigenvalue weighted by molar-refractivity contribution is 8.00. The van der Waals surface area contributed by atoms with E-state index in [-0.39, 0.29) is 73.9 Å². The lowest BCUT2D eigenvalue weighted by Crippen LogP contribution is -2.62. The summed E-state index contributed by atoms with van der Waals surface area (Å²) < 4.78 is 69.1. The van der Waals surface area contributed by atoms with E-state index in [1.165, 1.54) is 6.07 Å². The molecule has 3 fully saturated rings. The number of aliphatic hydroxyl groups excluding tert-OH is 7. The number of rotatable bonds is 28. The molecule has 0 bridgehead atoms. The van der Waals surface area contributed by atoms with Gasteiger partial charge in [0.05, 0.1) is 64.0 Å². The zero-order valence-corrected chi connectivity index (χ0v) is 36.6. The molecule has 4 aliphatic heterocycles. The second-order valence-corrected chi connectivity index (χ2v) is 17.0. The topological polar surface area (TPSA) is 333 Å². The van der Waals surface area contributed by atoms with Crippen LogP contribution in [0.2, 0.25) is 0 Å². The van der Waals surface area contributed by atoms with Crippen molar-refractivity contribution >= 4 is 35.8 Å². The van der Waals surface area contributed by atoms with Crippen molar-refractivity contribution in [2.24, 2.45) is 15.4 Å². The monoisotopic (exact) mass is 969 g/mol. The lowest BCUT2D eigenvalue weighted by Gasteiger charge is -2.42. The fraction of sp³-hybridized carbons (Fsp3) is 0.744. The van der Waals surface area contributed by atoms with E-state index in [4.69, 9.17) is 28.5 Å². The molecular weight excluding hydrogens is 912 g/mol. The van der Waals surface area contributed by atoms with Crippen molar-refractivity contribution in [1.82, 2.24) is 21.3 Å². The standard InChI is InChI=1S/C39H58F3N7O16S/c1-20(52)45-23(31(55)35(25(53)16-50)65-36-34(58)33(57)32(56)27(17-51)64-36)15-44-63-18-21-6-7-22(38(48-49-38)39(40,41)42)14-26(21)62-13-12-61-11-10-60-9-8-43-29(54)5-3-2-4-28-30-24(19-66-28)46-37(59)47-30/h6-7,14-15,23-25,27-28,30-36,50-51,53,55-58H,2-5,8-13,16-19H2,1H3,(H,43,54)(H,45,52)(H2,46,47,59)/b44-15+/t23-,24+,25+,27+,28-,30+,31+,32-,33-,34+,35+,36-/m0/s1. The Labute approximate surface area is 380 Å². The number of benzene rings is 1. The number of nitrogens with zero attached hydrogens (tertiary/aromatic N) is 3. The number of hydrogen-bond donors (Lipinski definition) is 11. The summed E-state index contributed by atoms with van der Waals surface area (Å²) in [6.07, 6.45) is -15.7. The molecule has 4 amide bonds. The first-order valence-corrected chi connectivity index (χ1v) is 22.3. The number of carbonyl (C=O) groups is 3. The number of hydrogen-bond acceptors (Lipinski definition) is 20. The number of ether oxygens (including phenoxy) is 5. The van der Waals surface area contributed by atoms with Crippen LogP contribution in [0.3, 0.4) is 0 Å². The normalized spacial score (nSPS) is 27.3. The Bertz CT molecular complexity index is 1800. The summed E-state index contributed by atoms with van der Waals surface area (Å²) in [4.78, 5) is 41.2. The third kappa shape index (κ3) is 14.3. The molecule has 0 unspecified atom stereocenters. The molecule has 372 valence electrons. The molecule has 12 atom stereocenters. The third-order valence-corrected chi connectivity index (χ3v) is 12.5. The fourth-order valence-corrected chi connectivity index (χ4v) is 8.87. The number of oxime groups is 1. The molecule has 11 N–H and O–H groups in total. The molecule has 3 saturated heterocycles.